The highest BCUT2D eigenvalue weighted by molar-refractivity contribution is 6.06. The van der Waals surface area contributed by atoms with E-state index in [-0.39, 0.29) is 23.3 Å². The van der Waals surface area contributed by atoms with E-state index in [1.807, 2.05) is 0 Å². The third-order valence-corrected chi connectivity index (χ3v) is 4.67. The fourth-order valence-electron chi connectivity index (χ4n) is 3.03. The maximum absolute atomic E-state index is 13.1. The number of amides is 1. The molecule has 0 aliphatic heterocycles. The Morgan fingerprint density at radius 3 is 2.40 bits per heavy atom. The SMILES string of the molecule is COCCN(C(=O)C1CC1)C(C)C(=O)c1c(C)[nH]c(C(=O)OC)c1C. The van der Waals surface area contributed by atoms with Crippen LogP contribution in [0.15, 0.2) is 0 Å². The average molecular weight is 350 g/mol. The number of aromatic nitrogens is 1. The lowest BCUT2D eigenvalue weighted by atomic mass is 9.99. The van der Waals surface area contributed by atoms with Crippen LogP contribution in [0.4, 0.5) is 0 Å². The molecular weight excluding hydrogens is 324 g/mol. The Labute approximate surface area is 147 Å². The number of ketones is 1. The Bertz CT molecular complexity index is 675. The lowest BCUT2D eigenvalue weighted by Gasteiger charge is -2.28. The van der Waals surface area contributed by atoms with Crippen molar-refractivity contribution in [1.29, 1.82) is 0 Å². The van der Waals surface area contributed by atoms with Gasteiger partial charge in [-0.15, -0.1) is 0 Å². The number of esters is 1. The van der Waals surface area contributed by atoms with Gasteiger partial charge in [0.05, 0.1) is 19.8 Å². The molecule has 1 atom stereocenters. The van der Waals surface area contributed by atoms with E-state index in [0.29, 0.717) is 30.0 Å². The number of hydrogen-bond acceptors (Lipinski definition) is 5. The van der Waals surface area contributed by atoms with Gasteiger partial charge in [-0.2, -0.15) is 0 Å². The van der Waals surface area contributed by atoms with Gasteiger partial charge in [0.15, 0.2) is 5.78 Å². The van der Waals surface area contributed by atoms with Crippen molar-refractivity contribution in [3.8, 4) is 0 Å². The van der Waals surface area contributed by atoms with Crippen molar-refractivity contribution in [2.75, 3.05) is 27.4 Å². The molecule has 1 aliphatic rings. The predicted molar refractivity (Wildman–Crippen MR) is 91.7 cm³/mol. The maximum atomic E-state index is 13.1. The lowest BCUT2D eigenvalue weighted by molar-refractivity contribution is -0.134. The number of methoxy groups -OCH3 is 2. The van der Waals surface area contributed by atoms with Crippen LogP contribution in [-0.4, -0.2) is 61.0 Å². The maximum Gasteiger partial charge on any atom is 0.354 e. The van der Waals surface area contributed by atoms with Crippen LogP contribution in [0, 0.1) is 19.8 Å². The molecule has 138 valence electrons. The third kappa shape index (κ3) is 3.92. The summed E-state index contributed by atoms with van der Waals surface area (Å²) in [6, 6.07) is -0.623. The molecule has 2 rings (SSSR count). The van der Waals surface area contributed by atoms with Gasteiger partial charge in [0, 0.05) is 30.8 Å². The van der Waals surface area contributed by atoms with Crippen molar-refractivity contribution in [1.82, 2.24) is 9.88 Å². The Morgan fingerprint density at radius 1 is 1.24 bits per heavy atom. The molecule has 1 saturated carbocycles. The van der Waals surface area contributed by atoms with Crippen LogP contribution in [0.2, 0.25) is 0 Å². The van der Waals surface area contributed by atoms with Gasteiger partial charge in [0.25, 0.3) is 0 Å². The number of H-pyrrole nitrogens is 1. The summed E-state index contributed by atoms with van der Waals surface area (Å²) in [5.74, 6) is -0.688. The molecule has 0 spiro atoms. The fourth-order valence-corrected chi connectivity index (χ4v) is 3.03. The van der Waals surface area contributed by atoms with Crippen molar-refractivity contribution in [3.05, 3.63) is 22.5 Å². The van der Waals surface area contributed by atoms with E-state index in [1.54, 1.807) is 32.8 Å². The molecule has 1 aliphatic carbocycles. The minimum Gasteiger partial charge on any atom is -0.464 e. The standard InChI is InChI=1S/C18H26N2O5/c1-10-14(11(2)19-15(10)18(23)25-5)16(21)12(3)20(8-9-24-4)17(22)13-6-7-13/h12-13,19H,6-9H2,1-5H3. The van der Waals surface area contributed by atoms with E-state index in [1.165, 1.54) is 7.11 Å². The molecule has 1 aromatic heterocycles. The summed E-state index contributed by atoms with van der Waals surface area (Å²) < 4.78 is 9.82. The molecule has 0 radical (unpaired) electrons. The average Bonchev–Trinajstić information content (AvgIpc) is 3.39. The van der Waals surface area contributed by atoms with Gasteiger partial charge in [-0.05, 0) is 39.2 Å². The van der Waals surface area contributed by atoms with Crippen LogP contribution in [0.5, 0.6) is 0 Å². The number of hydrogen-bond donors (Lipinski definition) is 1. The Hall–Kier alpha value is -2.15. The summed E-state index contributed by atoms with van der Waals surface area (Å²) in [4.78, 5) is 42.0. The van der Waals surface area contributed by atoms with Gasteiger partial charge >= 0.3 is 5.97 Å². The van der Waals surface area contributed by atoms with Crippen LogP contribution in [0.3, 0.4) is 0 Å². The predicted octanol–water partition coefficient (Wildman–Crippen LogP) is 1.87. The minimum atomic E-state index is -0.623. The van der Waals surface area contributed by atoms with Crippen molar-refractivity contribution in [3.63, 3.8) is 0 Å². The van der Waals surface area contributed by atoms with Crippen LogP contribution in [-0.2, 0) is 14.3 Å². The molecule has 0 aromatic carbocycles. The van der Waals surface area contributed by atoms with E-state index in [0.717, 1.165) is 12.8 Å². The second-order valence-electron chi connectivity index (χ2n) is 6.46. The van der Waals surface area contributed by atoms with Gasteiger partial charge in [-0.3, -0.25) is 9.59 Å². The second-order valence-corrected chi connectivity index (χ2v) is 6.46. The van der Waals surface area contributed by atoms with E-state index in [2.05, 4.69) is 4.98 Å². The first-order valence-corrected chi connectivity index (χ1v) is 8.44. The molecule has 7 heteroatoms. The molecule has 1 amide bonds. The van der Waals surface area contributed by atoms with Crippen LogP contribution in [0.1, 0.15) is 51.9 Å². The van der Waals surface area contributed by atoms with Gasteiger partial charge in [-0.25, -0.2) is 4.79 Å². The number of aromatic amines is 1. The normalized spacial score (nSPS) is 14.9. The largest absolute Gasteiger partial charge is 0.464 e. The van der Waals surface area contributed by atoms with Crippen molar-refractivity contribution < 1.29 is 23.9 Å². The summed E-state index contributed by atoms with van der Waals surface area (Å²) in [7, 11) is 2.86. The number of nitrogens with zero attached hydrogens (tertiary/aromatic N) is 1. The second kappa shape index (κ2) is 7.82. The number of ether oxygens (including phenoxy) is 2. The number of carbonyl (C=O) groups is 3. The van der Waals surface area contributed by atoms with Crippen LogP contribution in [0.25, 0.3) is 0 Å². The topological polar surface area (TPSA) is 88.7 Å². The molecule has 1 N–H and O–H groups in total. The highest BCUT2D eigenvalue weighted by Crippen LogP contribution is 2.32. The monoisotopic (exact) mass is 350 g/mol. The number of carbonyl (C=O) groups excluding carboxylic acids is 3. The number of aryl methyl sites for hydroxylation is 1. The van der Waals surface area contributed by atoms with Crippen molar-refractivity contribution in [2.24, 2.45) is 5.92 Å². The van der Waals surface area contributed by atoms with Gasteiger partial charge in [0.1, 0.15) is 5.69 Å². The third-order valence-electron chi connectivity index (χ3n) is 4.67. The van der Waals surface area contributed by atoms with Gasteiger partial charge in [-0.1, -0.05) is 0 Å². The summed E-state index contributed by atoms with van der Waals surface area (Å²) >= 11 is 0. The van der Waals surface area contributed by atoms with Gasteiger partial charge < -0.3 is 19.4 Å². The van der Waals surface area contributed by atoms with Crippen LogP contribution < -0.4 is 0 Å². The Morgan fingerprint density at radius 2 is 1.88 bits per heavy atom. The Kier molecular flexibility index (Phi) is 6.00. The summed E-state index contributed by atoms with van der Waals surface area (Å²) in [5, 5.41) is 0. The first-order chi connectivity index (χ1) is 11.8. The first kappa shape index (κ1) is 19.2. The molecule has 1 aromatic rings. The van der Waals surface area contributed by atoms with Crippen LogP contribution >= 0.6 is 0 Å². The summed E-state index contributed by atoms with van der Waals surface area (Å²) in [6.07, 6.45) is 1.75. The Balaban J connectivity index is 2.29. The summed E-state index contributed by atoms with van der Waals surface area (Å²) in [6.45, 7) is 5.90. The van der Waals surface area contributed by atoms with Crippen molar-refractivity contribution in [2.45, 2.75) is 39.7 Å². The van der Waals surface area contributed by atoms with Gasteiger partial charge in [0.2, 0.25) is 5.91 Å². The molecule has 1 fully saturated rings. The molecular formula is C18H26N2O5. The molecule has 1 heterocycles. The molecule has 0 saturated heterocycles. The van der Waals surface area contributed by atoms with E-state index in [9.17, 15) is 14.4 Å². The van der Waals surface area contributed by atoms with E-state index >= 15 is 0 Å². The highest BCUT2D eigenvalue weighted by Gasteiger charge is 2.38. The number of Topliss-reactive ketones (excluding diaryl/α,β-unsaturated/α-hetero) is 1. The lowest BCUT2D eigenvalue weighted by Crippen LogP contribution is -2.46. The van der Waals surface area contributed by atoms with E-state index in [4.69, 9.17) is 9.47 Å². The minimum absolute atomic E-state index is 0.00284. The quantitative estimate of drug-likeness (QED) is 0.571. The first-order valence-electron chi connectivity index (χ1n) is 8.44. The van der Waals surface area contributed by atoms with Crippen molar-refractivity contribution >= 4 is 17.7 Å². The number of rotatable bonds is 8. The highest BCUT2D eigenvalue weighted by atomic mass is 16.5. The fraction of sp³-hybridized carbons (Fsp3) is 0.611. The number of nitrogens with one attached hydrogen (secondary N) is 1. The zero-order chi connectivity index (χ0) is 18.7. The zero-order valence-electron chi connectivity index (χ0n) is 15.5. The summed E-state index contributed by atoms with van der Waals surface area (Å²) in [5.41, 5.74) is 1.86. The molecule has 7 nitrogen and oxygen atoms in total. The molecule has 1 unspecified atom stereocenters. The molecule has 25 heavy (non-hydrogen) atoms. The zero-order valence-corrected chi connectivity index (χ0v) is 15.5. The molecule has 0 bridgehead atoms. The smallest absolute Gasteiger partial charge is 0.354 e. The van der Waals surface area contributed by atoms with E-state index < -0.39 is 12.0 Å².